The molecule has 0 fully saturated rings. The Hall–Kier alpha value is -1.19. The van der Waals surface area contributed by atoms with Gasteiger partial charge in [0, 0.05) is 9.75 Å². The quantitative estimate of drug-likeness (QED) is 0.845. The first-order valence-corrected chi connectivity index (χ1v) is 5.90. The summed E-state index contributed by atoms with van der Waals surface area (Å²) in [5, 5.41) is 10.1. The van der Waals surface area contributed by atoms with Gasteiger partial charge in [0.2, 0.25) is 0 Å². The van der Waals surface area contributed by atoms with Gasteiger partial charge in [-0.1, -0.05) is 12.1 Å². The Morgan fingerprint density at radius 2 is 1.81 bits per heavy atom. The molecule has 1 aromatic heterocycles. The zero-order valence-electron chi connectivity index (χ0n) is 9.20. The van der Waals surface area contributed by atoms with Crippen molar-refractivity contribution in [2.24, 2.45) is 0 Å². The van der Waals surface area contributed by atoms with Crippen LogP contribution in [0.1, 0.15) is 27.0 Å². The molecule has 0 aliphatic carbocycles. The van der Waals surface area contributed by atoms with Crippen LogP contribution in [0.25, 0.3) is 0 Å². The Morgan fingerprint density at radius 1 is 1.19 bits per heavy atom. The fourth-order valence-electron chi connectivity index (χ4n) is 1.55. The standard InChI is InChI=1S/C13H13FOS/c1-8-7-12(16-9(8)2)13(15)10-3-5-11(14)6-4-10/h3-7,13,15H,1-2H3. The van der Waals surface area contributed by atoms with E-state index < -0.39 is 6.10 Å². The van der Waals surface area contributed by atoms with E-state index >= 15 is 0 Å². The van der Waals surface area contributed by atoms with E-state index in [9.17, 15) is 9.50 Å². The van der Waals surface area contributed by atoms with Crippen molar-refractivity contribution in [1.82, 2.24) is 0 Å². The first-order valence-electron chi connectivity index (χ1n) is 5.08. The predicted molar refractivity (Wildman–Crippen MR) is 64.3 cm³/mol. The second kappa shape index (κ2) is 4.36. The molecule has 0 aliphatic rings. The molecule has 1 N–H and O–H groups in total. The van der Waals surface area contributed by atoms with Crippen molar-refractivity contribution in [3.63, 3.8) is 0 Å². The summed E-state index contributed by atoms with van der Waals surface area (Å²) in [4.78, 5) is 2.11. The number of halogens is 1. The van der Waals surface area contributed by atoms with Gasteiger partial charge < -0.3 is 5.11 Å². The lowest BCUT2D eigenvalue weighted by Gasteiger charge is -2.08. The highest BCUT2D eigenvalue weighted by molar-refractivity contribution is 7.12. The molecule has 1 nitrogen and oxygen atoms in total. The van der Waals surface area contributed by atoms with E-state index in [1.807, 2.05) is 19.9 Å². The Bertz CT molecular complexity index is 468. The number of thiophene rings is 1. The maximum atomic E-state index is 12.7. The van der Waals surface area contributed by atoms with Crippen LogP contribution in [0, 0.1) is 19.7 Å². The van der Waals surface area contributed by atoms with Crippen LogP contribution in [0.15, 0.2) is 30.3 Å². The van der Waals surface area contributed by atoms with Crippen molar-refractivity contribution in [2.45, 2.75) is 20.0 Å². The third-order valence-electron chi connectivity index (χ3n) is 2.64. The van der Waals surface area contributed by atoms with Gasteiger partial charge in [0.1, 0.15) is 11.9 Å². The van der Waals surface area contributed by atoms with Crippen LogP contribution in [-0.2, 0) is 0 Å². The third-order valence-corrected chi connectivity index (χ3v) is 3.85. The number of benzene rings is 1. The van der Waals surface area contributed by atoms with Crippen molar-refractivity contribution in [3.05, 3.63) is 57.0 Å². The van der Waals surface area contributed by atoms with Crippen molar-refractivity contribution in [2.75, 3.05) is 0 Å². The van der Waals surface area contributed by atoms with Gasteiger partial charge in [0.15, 0.2) is 0 Å². The van der Waals surface area contributed by atoms with Gasteiger partial charge in [-0.25, -0.2) is 4.39 Å². The molecule has 0 saturated carbocycles. The fraction of sp³-hybridized carbons (Fsp3) is 0.231. The highest BCUT2D eigenvalue weighted by Gasteiger charge is 2.13. The molecule has 3 heteroatoms. The summed E-state index contributed by atoms with van der Waals surface area (Å²) < 4.78 is 12.7. The van der Waals surface area contributed by atoms with E-state index in [0.29, 0.717) is 0 Å². The monoisotopic (exact) mass is 236 g/mol. The van der Waals surface area contributed by atoms with Crippen LogP contribution < -0.4 is 0 Å². The second-order valence-corrected chi connectivity index (χ2v) is 5.13. The lowest BCUT2D eigenvalue weighted by Crippen LogP contribution is -1.96. The molecule has 0 radical (unpaired) electrons. The smallest absolute Gasteiger partial charge is 0.123 e. The molecule has 0 aliphatic heterocycles. The highest BCUT2D eigenvalue weighted by atomic mass is 32.1. The first-order chi connectivity index (χ1) is 7.58. The lowest BCUT2D eigenvalue weighted by atomic mass is 10.1. The molecule has 1 aromatic carbocycles. The van der Waals surface area contributed by atoms with Crippen LogP contribution in [-0.4, -0.2) is 5.11 Å². The van der Waals surface area contributed by atoms with Crippen LogP contribution in [0.3, 0.4) is 0 Å². The summed E-state index contributed by atoms with van der Waals surface area (Å²) in [6.07, 6.45) is -0.655. The van der Waals surface area contributed by atoms with Gasteiger partial charge in [-0.2, -0.15) is 0 Å². The number of rotatable bonds is 2. The van der Waals surface area contributed by atoms with Crippen molar-refractivity contribution >= 4 is 11.3 Å². The van der Waals surface area contributed by atoms with E-state index in [1.54, 1.807) is 23.5 Å². The number of aliphatic hydroxyl groups is 1. The average molecular weight is 236 g/mol. The van der Waals surface area contributed by atoms with Gasteiger partial charge in [0.25, 0.3) is 0 Å². The number of aryl methyl sites for hydroxylation is 2. The zero-order chi connectivity index (χ0) is 11.7. The Balaban J connectivity index is 2.31. The lowest BCUT2D eigenvalue weighted by molar-refractivity contribution is 0.224. The molecule has 0 bridgehead atoms. The summed E-state index contributed by atoms with van der Waals surface area (Å²) in [5.41, 5.74) is 1.91. The molecule has 2 aromatic rings. The minimum atomic E-state index is -0.655. The molecular weight excluding hydrogens is 223 g/mol. The highest BCUT2D eigenvalue weighted by Crippen LogP contribution is 2.30. The molecule has 0 saturated heterocycles. The Kier molecular flexibility index (Phi) is 3.08. The number of hydrogen-bond donors (Lipinski definition) is 1. The van der Waals surface area contributed by atoms with Gasteiger partial charge in [-0.15, -0.1) is 11.3 Å². The maximum Gasteiger partial charge on any atom is 0.123 e. The minimum Gasteiger partial charge on any atom is -0.383 e. The van der Waals surface area contributed by atoms with Gasteiger partial charge in [-0.05, 0) is 43.2 Å². The normalized spacial score (nSPS) is 12.8. The van der Waals surface area contributed by atoms with Gasteiger partial charge in [0.05, 0.1) is 0 Å². The van der Waals surface area contributed by atoms with Crippen molar-refractivity contribution in [1.29, 1.82) is 0 Å². The number of hydrogen-bond acceptors (Lipinski definition) is 2. The average Bonchev–Trinajstić information content (AvgIpc) is 2.59. The second-order valence-electron chi connectivity index (χ2n) is 3.84. The molecule has 16 heavy (non-hydrogen) atoms. The van der Waals surface area contributed by atoms with Gasteiger partial charge in [-0.3, -0.25) is 0 Å². The van der Waals surface area contributed by atoms with E-state index in [-0.39, 0.29) is 5.82 Å². The van der Waals surface area contributed by atoms with Crippen LogP contribution in [0.2, 0.25) is 0 Å². The van der Waals surface area contributed by atoms with Crippen LogP contribution in [0.4, 0.5) is 4.39 Å². The summed E-state index contributed by atoms with van der Waals surface area (Å²) in [6.45, 7) is 4.05. The maximum absolute atomic E-state index is 12.7. The van der Waals surface area contributed by atoms with Crippen LogP contribution in [0.5, 0.6) is 0 Å². The van der Waals surface area contributed by atoms with Crippen molar-refractivity contribution in [3.8, 4) is 0 Å². The molecule has 0 spiro atoms. The van der Waals surface area contributed by atoms with E-state index in [1.165, 1.54) is 22.6 Å². The van der Waals surface area contributed by atoms with E-state index in [2.05, 4.69) is 0 Å². The van der Waals surface area contributed by atoms with Crippen LogP contribution >= 0.6 is 11.3 Å². The predicted octanol–water partition coefficient (Wildman–Crippen LogP) is 3.59. The number of aliphatic hydroxyl groups excluding tert-OH is 1. The Morgan fingerprint density at radius 3 is 2.31 bits per heavy atom. The SMILES string of the molecule is Cc1cc(C(O)c2ccc(F)cc2)sc1C. The van der Waals surface area contributed by atoms with Crippen molar-refractivity contribution < 1.29 is 9.50 Å². The zero-order valence-corrected chi connectivity index (χ0v) is 10.0. The molecule has 1 unspecified atom stereocenters. The Labute approximate surface area is 98.2 Å². The molecule has 84 valence electrons. The molecule has 0 amide bonds. The van der Waals surface area contributed by atoms with Gasteiger partial charge >= 0.3 is 0 Å². The summed E-state index contributed by atoms with van der Waals surface area (Å²) in [7, 11) is 0. The molecule has 1 atom stereocenters. The topological polar surface area (TPSA) is 20.2 Å². The largest absolute Gasteiger partial charge is 0.383 e. The summed E-state index contributed by atoms with van der Waals surface area (Å²) in [6, 6.07) is 7.94. The molecular formula is C13H13FOS. The van der Waals surface area contributed by atoms with E-state index in [0.717, 1.165) is 10.4 Å². The fourth-order valence-corrected chi connectivity index (χ4v) is 2.60. The van der Waals surface area contributed by atoms with E-state index in [4.69, 9.17) is 0 Å². The first kappa shape index (κ1) is 11.3. The molecule has 1 heterocycles. The summed E-state index contributed by atoms with van der Waals surface area (Å²) in [5.74, 6) is -0.283. The minimum absolute atomic E-state index is 0.283. The molecule has 2 rings (SSSR count). The summed E-state index contributed by atoms with van der Waals surface area (Å²) >= 11 is 1.58. The third kappa shape index (κ3) is 2.15.